The van der Waals surface area contributed by atoms with Crippen LogP contribution in [0.1, 0.15) is 31.9 Å². The lowest BCUT2D eigenvalue weighted by Crippen LogP contribution is -2.10. The van der Waals surface area contributed by atoms with E-state index in [9.17, 15) is 0 Å². The molecular weight excluding hydrogens is 242 g/mol. The first-order valence-electron chi connectivity index (χ1n) is 6.37. The van der Waals surface area contributed by atoms with E-state index in [-0.39, 0.29) is 0 Å². The molecule has 7 nitrogen and oxygen atoms in total. The van der Waals surface area contributed by atoms with Crippen LogP contribution in [-0.2, 0) is 6.54 Å². The number of aryl methyl sites for hydroxylation is 1. The number of hydrogen-bond acceptors (Lipinski definition) is 6. The number of hydrogen-bond donors (Lipinski definition) is 2. The van der Waals surface area contributed by atoms with Crippen LogP contribution in [0.5, 0.6) is 0 Å². The molecule has 0 atom stereocenters. The summed E-state index contributed by atoms with van der Waals surface area (Å²) in [5.41, 5.74) is 6.64. The van der Waals surface area contributed by atoms with Crippen molar-refractivity contribution in [3.05, 3.63) is 24.2 Å². The molecule has 0 aliphatic rings. The summed E-state index contributed by atoms with van der Waals surface area (Å²) >= 11 is 0. The summed E-state index contributed by atoms with van der Waals surface area (Å²) in [5, 5.41) is 10.9. The standard InChI is InChI=1S/C12H19N7/c1-9(2)10-8-11(17-12(13)16-10)14-4-3-6-19-7-5-15-18-19/h5,7-9H,3-4,6H2,1-2H3,(H3,13,14,16,17). The van der Waals surface area contributed by atoms with Crippen molar-refractivity contribution in [1.82, 2.24) is 25.0 Å². The van der Waals surface area contributed by atoms with Crippen LogP contribution >= 0.6 is 0 Å². The smallest absolute Gasteiger partial charge is 0.222 e. The van der Waals surface area contributed by atoms with Crippen molar-refractivity contribution in [3.63, 3.8) is 0 Å². The molecule has 0 bridgehead atoms. The van der Waals surface area contributed by atoms with Gasteiger partial charge in [0.15, 0.2) is 0 Å². The Hall–Kier alpha value is -2.18. The molecule has 2 aromatic rings. The van der Waals surface area contributed by atoms with Crippen molar-refractivity contribution in [3.8, 4) is 0 Å². The van der Waals surface area contributed by atoms with Crippen LogP contribution < -0.4 is 11.1 Å². The second-order valence-electron chi connectivity index (χ2n) is 4.64. The average Bonchev–Trinajstić information content (AvgIpc) is 2.87. The van der Waals surface area contributed by atoms with Crippen molar-refractivity contribution in [2.75, 3.05) is 17.6 Å². The highest BCUT2D eigenvalue weighted by molar-refractivity contribution is 5.41. The number of rotatable bonds is 6. The molecule has 0 amide bonds. The van der Waals surface area contributed by atoms with Crippen LogP contribution in [0.25, 0.3) is 0 Å². The van der Waals surface area contributed by atoms with E-state index >= 15 is 0 Å². The Balaban J connectivity index is 1.85. The maximum absolute atomic E-state index is 5.69. The second kappa shape index (κ2) is 6.12. The van der Waals surface area contributed by atoms with Crippen LogP contribution in [-0.4, -0.2) is 31.5 Å². The van der Waals surface area contributed by atoms with Gasteiger partial charge in [0.25, 0.3) is 0 Å². The van der Waals surface area contributed by atoms with Crippen molar-refractivity contribution < 1.29 is 0 Å². The molecule has 3 N–H and O–H groups in total. The molecule has 0 saturated heterocycles. The van der Waals surface area contributed by atoms with E-state index in [0.717, 1.165) is 31.0 Å². The third-order valence-corrected chi connectivity index (χ3v) is 2.70. The molecule has 2 aromatic heterocycles. The minimum atomic E-state index is 0.310. The highest BCUT2D eigenvalue weighted by atomic mass is 15.4. The maximum atomic E-state index is 5.69. The summed E-state index contributed by atoms with van der Waals surface area (Å²) in [5.74, 6) is 1.42. The zero-order valence-corrected chi connectivity index (χ0v) is 11.2. The molecule has 0 aliphatic carbocycles. The highest BCUT2D eigenvalue weighted by Gasteiger charge is 2.05. The van der Waals surface area contributed by atoms with Gasteiger partial charge in [0.2, 0.25) is 5.95 Å². The van der Waals surface area contributed by atoms with E-state index in [4.69, 9.17) is 5.73 Å². The minimum Gasteiger partial charge on any atom is -0.370 e. The normalized spacial score (nSPS) is 10.9. The molecule has 0 radical (unpaired) electrons. The number of nitrogens with two attached hydrogens (primary N) is 1. The molecule has 0 unspecified atom stereocenters. The Bertz CT molecular complexity index is 507. The largest absolute Gasteiger partial charge is 0.370 e. The summed E-state index contributed by atoms with van der Waals surface area (Å²) in [6.45, 7) is 5.78. The van der Waals surface area contributed by atoms with Gasteiger partial charge in [0, 0.05) is 25.4 Å². The maximum Gasteiger partial charge on any atom is 0.222 e. The number of anilines is 2. The van der Waals surface area contributed by atoms with Crippen LogP contribution in [0, 0.1) is 0 Å². The zero-order valence-electron chi connectivity index (χ0n) is 11.2. The van der Waals surface area contributed by atoms with Gasteiger partial charge in [-0.25, -0.2) is 4.98 Å². The Kier molecular flexibility index (Phi) is 4.27. The van der Waals surface area contributed by atoms with Gasteiger partial charge < -0.3 is 11.1 Å². The Morgan fingerprint density at radius 3 is 2.89 bits per heavy atom. The summed E-state index contributed by atoms with van der Waals surface area (Å²) < 4.78 is 1.80. The number of nitrogens with one attached hydrogen (secondary N) is 1. The number of nitrogens with zero attached hydrogens (tertiary/aromatic N) is 5. The van der Waals surface area contributed by atoms with E-state index in [1.165, 1.54) is 0 Å². The van der Waals surface area contributed by atoms with E-state index in [0.29, 0.717) is 11.9 Å². The lowest BCUT2D eigenvalue weighted by molar-refractivity contribution is 0.569. The van der Waals surface area contributed by atoms with Gasteiger partial charge >= 0.3 is 0 Å². The first-order valence-corrected chi connectivity index (χ1v) is 6.37. The van der Waals surface area contributed by atoms with Gasteiger partial charge in [-0.15, -0.1) is 5.10 Å². The summed E-state index contributed by atoms with van der Waals surface area (Å²) in [7, 11) is 0. The quantitative estimate of drug-likeness (QED) is 0.760. The first-order chi connectivity index (χ1) is 9.15. The van der Waals surface area contributed by atoms with E-state index in [1.807, 2.05) is 12.3 Å². The topological polar surface area (TPSA) is 94.5 Å². The summed E-state index contributed by atoms with van der Waals surface area (Å²) in [6.07, 6.45) is 4.46. The van der Waals surface area contributed by atoms with Gasteiger partial charge in [-0.2, -0.15) is 4.98 Å². The lowest BCUT2D eigenvalue weighted by Gasteiger charge is -2.10. The molecule has 0 spiro atoms. The third-order valence-electron chi connectivity index (χ3n) is 2.70. The summed E-state index contributed by atoms with van der Waals surface area (Å²) in [6, 6.07) is 1.94. The van der Waals surface area contributed by atoms with Crippen LogP contribution in [0.15, 0.2) is 18.5 Å². The number of nitrogen functional groups attached to an aromatic ring is 1. The fourth-order valence-corrected chi connectivity index (χ4v) is 1.68. The highest BCUT2D eigenvalue weighted by Crippen LogP contribution is 2.16. The second-order valence-corrected chi connectivity index (χ2v) is 4.64. The molecular formula is C12H19N7. The van der Waals surface area contributed by atoms with Gasteiger partial charge in [0.05, 0.1) is 11.9 Å². The van der Waals surface area contributed by atoms with Gasteiger partial charge in [0.1, 0.15) is 5.82 Å². The Morgan fingerprint density at radius 1 is 1.37 bits per heavy atom. The first kappa shape index (κ1) is 13.3. The van der Waals surface area contributed by atoms with Crippen LogP contribution in [0.3, 0.4) is 0 Å². The fraction of sp³-hybridized carbons (Fsp3) is 0.500. The van der Waals surface area contributed by atoms with Crippen molar-refractivity contribution >= 4 is 11.8 Å². The molecule has 7 heteroatoms. The van der Waals surface area contributed by atoms with Gasteiger partial charge in [-0.1, -0.05) is 19.1 Å². The molecule has 2 rings (SSSR count). The van der Waals surface area contributed by atoms with Crippen molar-refractivity contribution in [2.45, 2.75) is 32.7 Å². The lowest BCUT2D eigenvalue weighted by atomic mass is 10.1. The van der Waals surface area contributed by atoms with Gasteiger partial charge in [-0.05, 0) is 12.3 Å². The van der Waals surface area contributed by atoms with E-state index < -0.39 is 0 Å². The number of aromatic nitrogens is 5. The predicted octanol–water partition coefficient (Wildman–Crippen LogP) is 1.28. The zero-order chi connectivity index (χ0) is 13.7. The minimum absolute atomic E-state index is 0.310. The molecule has 2 heterocycles. The monoisotopic (exact) mass is 261 g/mol. The fourth-order valence-electron chi connectivity index (χ4n) is 1.68. The van der Waals surface area contributed by atoms with E-state index in [2.05, 4.69) is 39.4 Å². The van der Waals surface area contributed by atoms with Crippen molar-refractivity contribution in [2.24, 2.45) is 0 Å². The third kappa shape index (κ3) is 3.90. The van der Waals surface area contributed by atoms with Crippen LogP contribution in [0.2, 0.25) is 0 Å². The Labute approximate surface area is 112 Å². The SMILES string of the molecule is CC(C)c1cc(NCCCn2ccnn2)nc(N)n1. The molecule has 0 fully saturated rings. The average molecular weight is 261 g/mol. The van der Waals surface area contributed by atoms with Gasteiger partial charge in [-0.3, -0.25) is 4.68 Å². The Morgan fingerprint density at radius 2 is 2.21 bits per heavy atom. The molecule has 0 saturated carbocycles. The van der Waals surface area contributed by atoms with Crippen molar-refractivity contribution in [1.29, 1.82) is 0 Å². The molecule has 102 valence electrons. The summed E-state index contributed by atoms with van der Waals surface area (Å²) in [4.78, 5) is 8.38. The predicted molar refractivity (Wildman–Crippen MR) is 73.7 cm³/mol. The molecule has 19 heavy (non-hydrogen) atoms. The van der Waals surface area contributed by atoms with Crippen LogP contribution in [0.4, 0.5) is 11.8 Å². The molecule has 0 aliphatic heterocycles. The van der Waals surface area contributed by atoms with E-state index in [1.54, 1.807) is 10.9 Å². The molecule has 0 aromatic carbocycles.